The number of hydrogen-bond acceptors (Lipinski definition) is 4. The van der Waals surface area contributed by atoms with Crippen molar-refractivity contribution in [3.8, 4) is 0 Å². The van der Waals surface area contributed by atoms with Gasteiger partial charge in [0.2, 0.25) is 5.91 Å². The van der Waals surface area contributed by atoms with Gasteiger partial charge < -0.3 is 20.3 Å². The van der Waals surface area contributed by atoms with Crippen molar-refractivity contribution in [3.63, 3.8) is 0 Å². The molecule has 0 aromatic carbocycles. The molecule has 2 saturated heterocycles. The molecule has 8 heteroatoms. The Morgan fingerprint density at radius 3 is 2.63 bits per heavy atom. The second-order valence-electron chi connectivity index (χ2n) is 7.33. The van der Waals surface area contributed by atoms with E-state index in [0.717, 1.165) is 64.7 Å². The van der Waals surface area contributed by atoms with Crippen LogP contribution in [0.15, 0.2) is 4.99 Å². The van der Waals surface area contributed by atoms with Crippen molar-refractivity contribution in [3.05, 3.63) is 0 Å². The van der Waals surface area contributed by atoms with Gasteiger partial charge in [-0.3, -0.25) is 14.7 Å². The number of carbonyl (C=O) groups excluding carboxylic acids is 1. The summed E-state index contributed by atoms with van der Waals surface area (Å²) in [4.78, 5) is 21.6. The largest absolute Gasteiger partial charge is 0.379 e. The Hall–Kier alpha value is -0.610. The second kappa shape index (κ2) is 13.5. The van der Waals surface area contributed by atoms with Crippen LogP contribution < -0.4 is 10.6 Å². The zero-order valence-electron chi connectivity index (χ0n) is 17.2. The van der Waals surface area contributed by atoms with Gasteiger partial charge in [0.1, 0.15) is 0 Å². The summed E-state index contributed by atoms with van der Waals surface area (Å²) in [6.45, 7) is 13.1. The van der Waals surface area contributed by atoms with E-state index in [0.29, 0.717) is 25.0 Å². The van der Waals surface area contributed by atoms with Crippen LogP contribution in [0.3, 0.4) is 0 Å². The van der Waals surface area contributed by atoms with Crippen molar-refractivity contribution in [2.75, 3.05) is 52.5 Å². The molecule has 0 bridgehead atoms. The monoisotopic (exact) mass is 495 g/mol. The summed E-state index contributed by atoms with van der Waals surface area (Å²) in [7, 11) is 0. The Morgan fingerprint density at radius 1 is 1.22 bits per heavy atom. The number of carbonyl (C=O) groups is 1. The van der Waals surface area contributed by atoms with Gasteiger partial charge in [-0.05, 0) is 40.0 Å². The van der Waals surface area contributed by atoms with Crippen LogP contribution in [-0.2, 0) is 9.53 Å². The van der Waals surface area contributed by atoms with Crippen LogP contribution in [0.4, 0.5) is 0 Å². The van der Waals surface area contributed by atoms with E-state index in [1.165, 1.54) is 6.42 Å². The first-order chi connectivity index (χ1) is 12.6. The van der Waals surface area contributed by atoms with Crippen LogP contribution in [0, 0.1) is 0 Å². The molecule has 0 aromatic heterocycles. The van der Waals surface area contributed by atoms with E-state index in [1.807, 2.05) is 4.90 Å². The van der Waals surface area contributed by atoms with Crippen molar-refractivity contribution in [2.45, 2.75) is 58.5 Å². The third-order valence-corrected chi connectivity index (χ3v) is 5.28. The number of rotatable bonds is 7. The minimum absolute atomic E-state index is 0. The molecule has 2 atom stereocenters. The van der Waals surface area contributed by atoms with Gasteiger partial charge in [-0.1, -0.05) is 0 Å². The quantitative estimate of drug-likeness (QED) is 0.320. The summed E-state index contributed by atoms with van der Waals surface area (Å²) in [5, 5.41) is 6.59. The lowest BCUT2D eigenvalue weighted by molar-refractivity contribution is -0.134. The molecular weight excluding hydrogens is 457 g/mol. The molecular formula is C19H38IN5O2. The average Bonchev–Trinajstić information content (AvgIpc) is 2.66. The van der Waals surface area contributed by atoms with Gasteiger partial charge in [0.05, 0.1) is 19.8 Å². The Morgan fingerprint density at radius 2 is 1.96 bits per heavy atom. The van der Waals surface area contributed by atoms with E-state index in [9.17, 15) is 4.79 Å². The molecule has 2 N–H and O–H groups in total. The van der Waals surface area contributed by atoms with Gasteiger partial charge in [-0.2, -0.15) is 0 Å². The van der Waals surface area contributed by atoms with Crippen LogP contribution in [0.25, 0.3) is 0 Å². The lowest BCUT2D eigenvalue weighted by Crippen LogP contribution is -2.45. The van der Waals surface area contributed by atoms with Gasteiger partial charge in [0.25, 0.3) is 0 Å². The smallest absolute Gasteiger partial charge is 0.224 e. The topological polar surface area (TPSA) is 69.2 Å². The minimum atomic E-state index is 0. The van der Waals surface area contributed by atoms with Crippen LogP contribution in [0.1, 0.15) is 46.5 Å². The molecule has 0 saturated carbocycles. The first-order valence-electron chi connectivity index (χ1n) is 10.2. The lowest BCUT2D eigenvalue weighted by Gasteiger charge is -2.33. The molecule has 2 aliphatic heterocycles. The van der Waals surface area contributed by atoms with Crippen LogP contribution in [-0.4, -0.2) is 86.2 Å². The minimum Gasteiger partial charge on any atom is -0.379 e. The number of hydrogen-bond donors (Lipinski definition) is 2. The van der Waals surface area contributed by atoms with Gasteiger partial charge in [-0.15, -0.1) is 24.0 Å². The average molecular weight is 495 g/mol. The van der Waals surface area contributed by atoms with E-state index in [1.54, 1.807) is 0 Å². The van der Waals surface area contributed by atoms with Crippen molar-refractivity contribution >= 4 is 35.8 Å². The van der Waals surface area contributed by atoms with Gasteiger partial charge in [0, 0.05) is 51.2 Å². The van der Waals surface area contributed by atoms with Crippen molar-refractivity contribution in [1.29, 1.82) is 0 Å². The Bertz CT molecular complexity index is 457. The standard InChI is InChI=1S/C19H37N5O2.HI/c1-4-20-19(22-15-17(3)23-11-13-26-14-12-23)21-9-8-18(25)24-10-6-5-7-16(24)2;/h16-17H,4-15H2,1-3H3,(H2,20,21,22);1H. The van der Waals surface area contributed by atoms with E-state index in [4.69, 9.17) is 9.73 Å². The van der Waals surface area contributed by atoms with E-state index in [2.05, 4.69) is 36.3 Å². The summed E-state index contributed by atoms with van der Waals surface area (Å²) in [6.07, 6.45) is 4.02. The number of halogens is 1. The molecule has 1 amide bonds. The van der Waals surface area contributed by atoms with Crippen molar-refractivity contribution in [1.82, 2.24) is 20.4 Å². The fourth-order valence-electron chi connectivity index (χ4n) is 3.60. The molecule has 0 spiro atoms. The van der Waals surface area contributed by atoms with Gasteiger partial charge >= 0.3 is 0 Å². The highest BCUT2D eigenvalue weighted by Crippen LogP contribution is 2.16. The Kier molecular flexibility index (Phi) is 12.3. The molecule has 0 radical (unpaired) electrons. The van der Waals surface area contributed by atoms with E-state index < -0.39 is 0 Å². The van der Waals surface area contributed by atoms with E-state index in [-0.39, 0.29) is 29.9 Å². The number of amides is 1. The number of ether oxygens (including phenoxy) is 1. The molecule has 2 aliphatic rings. The van der Waals surface area contributed by atoms with Crippen molar-refractivity contribution < 1.29 is 9.53 Å². The second-order valence-corrected chi connectivity index (χ2v) is 7.33. The zero-order chi connectivity index (χ0) is 18.8. The molecule has 2 rings (SSSR count). The van der Waals surface area contributed by atoms with Crippen LogP contribution >= 0.6 is 24.0 Å². The Balaban J connectivity index is 0.00000364. The predicted octanol–water partition coefficient (Wildman–Crippen LogP) is 1.67. The summed E-state index contributed by atoms with van der Waals surface area (Å²) in [5.74, 6) is 1.05. The molecule has 0 aliphatic carbocycles. The summed E-state index contributed by atoms with van der Waals surface area (Å²) in [6, 6.07) is 0.776. The van der Waals surface area contributed by atoms with Crippen LogP contribution in [0.5, 0.6) is 0 Å². The number of piperidine rings is 1. The fraction of sp³-hybridized carbons (Fsp3) is 0.895. The first kappa shape index (κ1) is 24.4. The summed E-state index contributed by atoms with van der Waals surface area (Å²) < 4.78 is 5.41. The SMILES string of the molecule is CCNC(=NCC(C)N1CCOCC1)NCCC(=O)N1CCCCC1C.I. The maximum Gasteiger partial charge on any atom is 0.224 e. The highest BCUT2D eigenvalue weighted by atomic mass is 127. The predicted molar refractivity (Wildman–Crippen MR) is 121 cm³/mol. The van der Waals surface area contributed by atoms with Crippen molar-refractivity contribution in [2.24, 2.45) is 4.99 Å². The van der Waals surface area contributed by atoms with Gasteiger partial charge in [-0.25, -0.2) is 0 Å². The molecule has 27 heavy (non-hydrogen) atoms. The highest BCUT2D eigenvalue weighted by molar-refractivity contribution is 14.0. The molecule has 158 valence electrons. The number of likely N-dealkylation sites (tertiary alicyclic amines) is 1. The number of nitrogens with one attached hydrogen (secondary N) is 2. The maximum atomic E-state index is 12.4. The maximum absolute atomic E-state index is 12.4. The third kappa shape index (κ3) is 8.51. The molecule has 0 aromatic rings. The summed E-state index contributed by atoms with van der Waals surface area (Å²) in [5.41, 5.74) is 0. The zero-order valence-corrected chi connectivity index (χ0v) is 19.5. The fourth-order valence-corrected chi connectivity index (χ4v) is 3.60. The molecule has 2 heterocycles. The van der Waals surface area contributed by atoms with E-state index >= 15 is 0 Å². The summed E-state index contributed by atoms with van der Waals surface area (Å²) >= 11 is 0. The lowest BCUT2D eigenvalue weighted by atomic mass is 10.0. The molecule has 2 unspecified atom stereocenters. The Labute approximate surface area is 181 Å². The van der Waals surface area contributed by atoms with Gasteiger partial charge in [0.15, 0.2) is 5.96 Å². The number of guanidine groups is 1. The third-order valence-electron chi connectivity index (χ3n) is 5.28. The number of nitrogens with zero attached hydrogens (tertiary/aromatic N) is 3. The normalized spacial score (nSPS) is 22.7. The number of morpholine rings is 1. The first-order valence-corrected chi connectivity index (χ1v) is 10.2. The molecule has 2 fully saturated rings. The highest BCUT2D eigenvalue weighted by Gasteiger charge is 2.22. The molecule has 7 nitrogen and oxygen atoms in total. The van der Waals surface area contributed by atoms with Crippen LogP contribution in [0.2, 0.25) is 0 Å². The number of aliphatic imine (C=N–C) groups is 1.